The molecule has 8 nitrogen and oxygen atoms in total. The lowest BCUT2D eigenvalue weighted by molar-refractivity contribution is -0.118. The molecule has 3 aromatic carbocycles. The summed E-state index contributed by atoms with van der Waals surface area (Å²) in [6, 6.07) is 23.2. The Kier molecular flexibility index (Phi) is 6.08. The largest absolute Gasteiger partial charge is 0.368 e. The number of hydrazone groups is 1. The molecule has 0 bridgehead atoms. The van der Waals surface area contributed by atoms with E-state index < -0.39 is 17.0 Å². The maximum Gasteiger partial charge on any atom is 0.348 e. The van der Waals surface area contributed by atoms with E-state index >= 15 is 0 Å². The summed E-state index contributed by atoms with van der Waals surface area (Å²) in [7, 11) is 0. The van der Waals surface area contributed by atoms with E-state index in [9.17, 15) is 9.59 Å². The van der Waals surface area contributed by atoms with Crippen LogP contribution >= 0.6 is 23.2 Å². The number of aryl methyl sites for hydroxylation is 1. The van der Waals surface area contributed by atoms with Crippen molar-refractivity contribution in [2.75, 3.05) is 11.6 Å². The SMILES string of the molecule is NC(=O)Cn1c(N2C[C@]3(CCc4ccccc43)C(c3ccc(Cl)cc3)=N2)nn(Cc2cccc(Cl)c2)c1=O. The zero-order valence-corrected chi connectivity index (χ0v) is 21.9. The number of carbonyl (C=O) groups is 1. The van der Waals surface area contributed by atoms with Crippen LogP contribution in [-0.2, 0) is 29.7 Å². The Bertz CT molecular complexity index is 1640. The lowest BCUT2D eigenvalue weighted by atomic mass is 9.75. The molecule has 4 aromatic rings. The van der Waals surface area contributed by atoms with Gasteiger partial charge >= 0.3 is 5.69 Å². The van der Waals surface area contributed by atoms with Gasteiger partial charge in [-0.25, -0.2) is 14.5 Å². The third kappa shape index (κ3) is 4.19. The highest BCUT2D eigenvalue weighted by atomic mass is 35.5. The van der Waals surface area contributed by atoms with Gasteiger partial charge in [-0.2, -0.15) is 5.10 Å². The van der Waals surface area contributed by atoms with Gasteiger partial charge in [0, 0.05) is 10.0 Å². The van der Waals surface area contributed by atoms with Crippen LogP contribution in [0.2, 0.25) is 10.0 Å². The first kappa shape index (κ1) is 24.5. The maximum atomic E-state index is 13.4. The Hall–Kier alpha value is -3.88. The van der Waals surface area contributed by atoms with Gasteiger partial charge < -0.3 is 5.73 Å². The number of anilines is 1. The van der Waals surface area contributed by atoms with Crippen molar-refractivity contribution in [1.29, 1.82) is 0 Å². The van der Waals surface area contributed by atoms with Crippen LogP contribution < -0.4 is 16.4 Å². The molecule has 0 saturated carbocycles. The number of carbonyl (C=O) groups excluding carboxylic acids is 1. The van der Waals surface area contributed by atoms with Crippen molar-refractivity contribution in [3.8, 4) is 0 Å². The number of primary amides is 1. The molecule has 1 amide bonds. The molecule has 2 N–H and O–H groups in total. The van der Waals surface area contributed by atoms with Gasteiger partial charge in [0.15, 0.2) is 0 Å². The van der Waals surface area contributed by atoms with Crippen molar-refractivity contribution in [2.24, 2.45) is 10.8 Å². The van der Waals surface area contributed by atoms with E-state index in [4.69, 9.17) is 34.0 Å². The van der Waals surface area contributed by atoms with Crippen molar-refractivity contribution in [3.05, 3.63) is 116 Å². The number of nitrogens with two attached hydrogens (primary N) is 1. The highest BCUT2D eigenvalue weighted by Gasteiger charge is 2.49. The zero-order valence-electron chi connectivity index (χ0n) is 20.3. The maximum absolute atomic E-state index is 13.4. The summed E-state index contributed by atoms with van der Waals surface area (Å²) in [6.45, 7) is 0.345. The minimum atomic E-state index is -0.641. The van der Waals surface area contributed by atoms with Crippen molar-refractivity contribution in [2.45, 2.75) is 31.3 Å². The minimum absolute atomic E-state index is 0.188. The highest BCUT2D eigenvalue weighted by molar-refractivity contribution is 6.31. The van der Waals surface area contributed by atoms with Gasteiger partial charge in [0.25, 0.3) is 0 Å². The normalized spacial score (nSPS) is 18.2. The molecule has 0 radical (unpaired) electrons. The predicted octanol–water partition coefficient (Wildman–Crippen LogP) is 3.99. The van der Waals surface area contributed by atoms with Crippen molar-refractivity contribution < 1.29 is 4.79 Å². The summed E-state index contributed by atoms with van der Waals surface area (Å²) in [6.07, 6.45) is 1.77. The molecule has 1 aliphatic carbocycles. The minimum Gasteiger partial charge on any atom is -0.368 e. The average Bonchev–Trinajstić information content (AvgIpc) is 3.55. The van der Waals surface area contributed by atoms with Gasteiger partial charge in [0.1, 0.15) is 6.54 Å². The number of amides is 1. The Balaban J connectivity index is 1.48. The predicted molar refractivity (Wildman–Crippen MR) is 148 cm³/mol. The topological polar surface area (TPSA) is 98.5 Å². The molecular formula is C28H24Cl2N6O2. The summed E-state index contributed by atoms with van der Waals surface area (Å²) in [5, 5.41) is 12.6. The molecule has 10 heteroatoms. The van der Waals surface area contributed by atoms with Crippen LogP contribution in [0, 0.1) is 0 Å². The Morgan fingerprint density at radius 3 is 2.55 bits per heavy atom. The molecule has 1 atom stereocenters. The van der Waals surface area contributed by atoms with E-state index in [1.54, 1.807) is 17.1 Å². The smallest absolute Gasteiger partial charge is 0.348 e. The molecule has 1 spiro atoms. The summed E-state index contributed by atoms with van der Waals surface area (Å²) >= 11 is 12.3. The highest BCUT2D eigenvalue weighted by Crippen LogP contribution is 2.46. The Morgan fingerprint density at radius 2 is 1.79 bits per heavy atom. The summed E-state index contributed by atoms with van der Waals surface area (Å²) in [5.41, 5.74) is 9.78. The second-order valence-corrected chi connectivity index (χ2v) is 10.5. The summed E-state index contributed by atoms with van der Waals surface area (Å²) in [4.78, 5) is 25.4. The average molecular weight is 547 g/mol. The zero-order chi connectivity index (χ0) is 26.4. The molecule has 192 valence electrons. The first-order valence-electron chi connectivity index (χ1n) is 12.3. The lowest BCUT2D eigenvalue weighted by Gasteiger charge is -2.27. The molecule has 2 heterocycles. The molecule has 2 aliphatic rings. The number of nitrogens with zero attached hydrogens (tertiary/aromatic N) is 5. The fourth-order valence-electron chi connectivity index (χ4n) is 5.56. The van der Waals surface area contributed by atoms with Gasteiger partial charge in [-0.1, -0.05) is 71.7 Å². The van der Waals surface area contributed by atoms with Crippen LogP contribution in [0.5, 0.6) is 0 Å². The second-order valence-electron chi connectivity index (χ2n) is 9.68. The first-order chi connectivity index (χ1) is 18.3. The standard InChI is InChI=1S/C28H24Cl2N6O2/c29-21-10-8-20(9-11-21)25-28(13-12-19-5-1-2-7-23(19)28)17-36(32-25)26-33-35(27(38)34(26)16-24(31)37)15-18-4-3-6-22(30)14-18/h1-11,14H,12-13,15-17H2,(H2,31,37)/t28-/m0/s1. The van der Waals surface area contributed by atoms with E-state index in [1.807, 2.05) is 48.5 Å². The monoisotopic (exact) mass is 546 g/mol. The van der Waals surface area contributed by atoms with E-state index in [-0.39, 0.29) is 19.0 Å². The van der Waals surface area contributed by atoms with Crippen LogP contribution in [0.1, 0.15) is 28.7 Å². The van der Waals surface area contributed by atoms with Gasteiger partial charge in [-0.15, -0.1) is 5.10 Å². The van der Waals surface area contributed by atoms with Gasteiger partial charge in [-0.3, -0.25) is 9.36 Å². The Morgan fingerprint density at radius 1 is 1.00 bits per heavy atom. The van der Waals surface area contributed by atoms with Crippen LogP contribution in [0.4, 0.5) is 5.95 Å². The number of hydrogen-bond acceptors (Lipinski definition) is 5. The van der Waals surface area contributed by atoms with Crippen molar-refractivity contribution >= 4 is 40.8 Å². The summed E-state index contributed by atoms with van der Waals surface area (Å²) in [5.74, 6) is -0.374. The first-order valence-corrected chi connectivity index (χ1v) is 13.0. The fraction of sp³-hybridized carbons (Fsp3) is 0.214. The van der Waals surface area contributed by atoms with Crippen LogP contribution in [0.3, 0.4) is 0 Å². The molecule has 38 heavy (non-hydrogen) atoms. The number of aromatic nitrogens is 3. The quantitative estimate of drug-likeness (QED) is 0.395. The molecule has 1 aromatic heterocycles. The third-order valence-electron chi connectivity index (χ3n) is 7.23. The van der Waals surface area contributed by atoms with Crippen LogP contribution in [0.15, 0.2) is 82.7 Å². The number of rotatable bonds is 6. The van der Waals surface area contributed by atoms with Gasteiger partial charge in [-0.05, 0) is 59.4 Å². The molecule has 6 rings (SSSR count). The van der Waals surface area contributed by atoms with E-state index in [0.717, 1.165) is 29.7 Å². The van der Waals surface area contributed by atoms with Crippen LogP contribution in [-0.4, -0.2) is 32.5 Å². The number of halogens is 2. The second kappa shape index (κ2) is 9.45. The van der Waals surface area contributed by atoms with E-state index in [0.29, 0.717) is 16.6 Å². The third-order valence-corrected chi connectivity index (χ3v) is 7.72. The lowest BCUT2D eigenvalue weighted by Crippen LogP contribution is -2.38. The van der Waals surface area contributed by atoms with E-state index in [2.05, 4.69) is 17.2 Å². The number of fused-ring (bicyclic) bond motifs is 2. The molecule has 1 aliphatic heterocycles. The Labute approximate surface area is 228 Å². The molecule has 0 fully saturated rings. The van der Waals surface area contributed by atoms with Gasteiger partial charge in [0.2, 0.25) is 11.9 Å². The molecular weight excluding hydrogens is 523 g/mol. The van der Waals surface area contributed by atoms with Crippen LogP contribution in [0.25, 0.3) is 0 Å². The van der Waals surface area contributed by atoms with Crippen molar-refractivity contribution in [3.63, 3.8) is 0 Å². The van der Waals surface area contributed by atoms with E-state index in [1.165, 1.54) is 20.4 Å². The van der Waals surface area contributed by atoms with Gasteiger partial charge in [0.05, 0.1) is 24.2 Å². The molecule has 0 saturated heterocycles. The summed E-state index contributed by atoms with van der Waals surface area (Å²) < 4.78 is 2.60. The number of hydrogen-bond donors (Lipinski definition) is 1. The fourth-order valence-corrected chi connectivity index (χ4v) is 5.90. The van der Waals surface area contributed by atoms with Crippen molar-refractivity contribution in [1.82, 2.24) is 14.3 Å². The molecule has 0 unspecified atom stereocenters. The number of benzene rings is 3.